The highest BCUT2D eigenvalue weighted by Crippen LogP contribution is 2.34. The van der Waals surface area contributed by atoms with Gasteiger partial charge in [0.05, 0.1) is 17.2 Å². The van der Waals surface area contributed by atoms with Crippen molar-refractivity contribution in [1.29, 1.82) is 0 Å². The summed E-state index contributed by atoms with van der Waals surface area (Å²) in [5.74, 6) is -4.73. The average molecular weight is 703 g/mol. The van der Waals surface area contributed by atoms with Gasteiger partial charge in [0.25, 0.3) is 0 Å². The van der Waals surface area contributed by atoms with Crippen molar-refractivity contribution in [3.05, 3.63) is 71.8 Å². The Kier molecular flexibility index (Phi) is 13.4. The third-order valence-corrected chi connectivity index (χ3v) is 7.42. The van der Waals surface area contributed by atoms with Gasteiger partial charge in [0.15, 0.2) is 37.0 Å². The second-order valence-electron chi connectivity index (χ2n) is 11.3. The van der Waals surface area contributed by atoms with Gasteiger partial charge in [-0.2, -0.15) is 0 Å². The summed E-state index contributed by atoms with van der Waals surface area (Å²) >= 11 is 0. The zero-order valence-corrected chi connectivity index (χ0v) is 27.7. The van der Waals surface area contributed by atoms with Crippen LogP contribution in [0.25, 0.3) is 0 Å². The van der Waals surface area contributed by atoms with Crippen molar-refractivity contribution in [3.8, 4) is 0 Å². The summed E-state index contributed by atoms with van der Waals surface area (Å²) in [6.45, 7) is 3.37. The number of carbonyl (C=O) groups is 6. The molecule has 0 aliphatic carbocycles. The summed E-state index contributed by atoms with van der Waals surface area (Å²) in [5.41, 5.74) is 0.422. The molecule has 2 aromatic rings. The smallest absolute Gasteiger partial charge is 0.338 e. The minimum Gasteiger partial charge on any atom is -0.463 e. The Bertz CT molecular complexity index is 1500. The molecule has 2 fully saturated rings. The number of hydrogen-bond acceptors (Lipinski definition) is 16. The van der Waals surface area contributed by atoms with Crippen LogP contribution in [0.5, 0.6) is 0 Å². The Labute approximate surface area is 286 Å². The highest BCUT2D eigenvalue weighted by molar-refractivity contribution is 5.89. The number of aliphatic hydroxyl groups is 1. The first kappa shape index (κ1) is 37.9. The first-order valence-electron chi connectivity index (χ1n) is 15.6. The molecule has 2 aliphatic rings. The molecule has 50 heavy (non-hydrogen) atoms. The minimum atomic E-state index is -1.70. The van der Waals surface area contributed by atoms with Gasteiger partial charge in [-0.25, -0.2) is 9.59 Å². The standard InChI is InChI=1S/C34H38O16/c1-18(35)42-17-27-28(44-19(2)36)29(45-20(3)37)30(46-21(4)38)34(50-27)49-24-15-25(47-32(40)23-13-9-6-10-14-23)33(41)48-26(24)16-43-31(39)22-11-7-5-8-12-22/h5-14,24-30,33-34,41H,15-17H2,1-4H3/t24-,25-,26+,27+,28-,29-,30+,33?,34+/m0/s1. The lowest BCUT2D eigenvalue weighted by molar-refractivity contribution is -0.340. The van der Waals surface area contributed by atoms with Crippen LogP contribution in [0.2, 0.25) is 0 Å². The summed E-state index contributed by atoms with van der Waals surface area (Å²) in [4.78, 5) is 74.1. The molecule has 0 spiro atoms. The van der Waals surface area contributed by atoms with E-state index in [0.717, 1.165) is 27.7 Å². The Balaban J connectivity index is 1.66. The molecule has 2 saturated heterocycles. The van der Waals surface area contributed by atoms with E-state index in [1.54, 1.807) is 36.4 Å². The van der Waals surface area contributed by atoms with Crippen molar-refractivity contribution in [2.45, 2.75) is 89.4 Å². The molecule has 2 aromatic carbocycles. The molecule has 270 valence electrons. The molecule has 0 aromatic heterocycles. The molecule has 0 saturated carbocycles. The van der Waals surface area contributed by atoms with Crippen LogP contribution < -0.4 is 0 Å². The van der Waals surface area contributed by atoms with E-state index in [1.807, 2.05) is 0 Å². The van der Waals surface area contributed by atoms with Crippen LogP contribution in [0.15, 0.2) is 60.7 Å². The molecule has 16 heteroatoms. The first-order chi connectivity index (χ1) is 23.8. The lowest BCUT2D eigenvalue weighted by Crippen LogP contribution is -2.64. The number of esters is 6. The molecule has 1 N–H and O–H groups in total. The Morgan fingerprint density at radius 2 is 1.12 bits per heavy atom. The fourth-order valence-electron chi connectivity index (χ4n) is 5.31. The van der Waals surface area contributed by atoms with Gasteiger partial charge < -0.3 is 47.7 Å². The normalized spacial score (nSPS) is 27.6. The Morgan fingerprint density at radius 3 is 1.68 bits per heavy atom. The number of rotatable bonds is 12. The van der Waals surface area contributed by atoms with Crippen molar-refractivity contribution in [1.82, 2.24) is 0 Å². The zero-order chi connectivity index (χ0) is 36.4. The van der Waals surface area contributed by atoms with Gasteiger partial charge in [-0.1, -0.05) is 36.4 Å². The SMILES string of the molecule is CC(=O)OC[C@H]1O[C@@H](O[C@H]2C[C@H](OC(=O)c3ccccc3)C(O)O[C@@H]2COC(=O)c2ccccc2)[C@H](OC(C)=O)[C@@H](OC(C)=O)[C@H]1OC(C)=O. The highest BCUT2D eigenvalue weighted by Gasteiger charge is 2.54. The van der Waals surface area contributed by atoms with Gasteiger partial charge in [-0.15, -0.1) is 0 Å². The van der Waals surface area contributed by atoms with Crippen molar-refractivity contribution >= 4 is 35.8 Å². The second kappa shape index (κ2) is 17.7. The largest absolute Gasteiger partial charge is 0.463 e. The van der Waals surface area contributed by atoms with Gasteiger partial charge in [0.2, 0.25) is 0 Å². The lowest BCUT2D eigenvalue weighted by atomic mass is 9.97. The predicted octanol–water partition coefficient (Wildman–Crippen LogP) is 1.64. The number of aliphatic hydroxyl groups excluding tert-OH is 1. The van der Waals surface area contributed by atoms with E-state index in [4.69, 9.17) is 42.6 Å². The van der Waals surface area contributed by atoms with Crippen LogP contribution >= 0.6 is 0 Å². The molecule has 16 nitrogen and oxygen atoms in total. The van der Waals surface area contributed by atoms with Crippen LogP contribution in [0.1, 0.15) is 54.8 Å². The number of carbonyl (C=O) groups excluding carboxylic acids is 6. The monoisotopic (exact) mass is 702 g/mol. The zero-order valence-electron chi connectivity index (χ0n) is 27.7. The maximum Gasteiger partial charge on any atom is 0.338 e. The van der Waals surface area contributed by atoms with E-state index < -0.39 is 104 Å². The van der Waals surface area contributed by atoms with Gasteiger partial charge in [-0.3, -0.25) is 19.2 Å². The summed E-state index contributed by atoms with van der Waals surface area (Å²) in [7, 11) is 0. The van der Waals surface area contributed by atoms with Crippen LogP contribution in [0, 0.1) is 0 Å². The molecule has 1 unspecified atom stereocenters. The van der Waals surface area contributed by atoms with Gasteiger partial charge in [-0.05, 0) is 24.3 Å². The van der Waals surface area contributed by atoms with Gasteiger partial charge in [0, 0.05) is 34.1 Å². The average Bonchev–Trinajstić information content (AvgIpc) is 3.07. The van der Waals surface area contributed by atoms with E-state index in [1.165, 1.54) is 24.3 Å². The van der Waals surface area contributed by atoms with Crippen molar-refractivity contribution in [2.24, 2.45) is 0 Å². The summed E-state index contributed by atoms with van der Waals surface area (Å²) < 4.78 is 50.5. The van der Waals surface area contributed by atoms with E-state index in [9.17, 15) is 33.9 Å². The predicted molar refractivity (Wildman–Crippen MR) is 165 cm³/mol. The van der Waals surface area contributed by atoms with Crippen molar-refractivity contribution in [2.75, 3.05) is 13.2 Å². The van der Waals surface area contributed by atoms with E-state index >= 15 is 0 Å². The molecular weight excluding hydrogens is 664 g/mol. The Morgan fingerprint density at radius 1 is 0.600 bits per heavy atom. The molecule has 0 bridgehead atoms. The van der Waals surface area contributed by atoms with E-state index in [2.05, 4.69) is 0 Å². The van der Waals surface area contributed by atoms with Crippen LogP contribution in [0.4, 0.5) is 0 Å². The molecule has 0 amide bonds. The van der Waals surface area contributed by atoms with Crippen LogP contribution in [-0.2, 0) is 61.8 Å². The molecular formula is C34H38O16. The third kappa shape index (κ3) is 10.5. The van der Waals surface area contributed by atoms with Crippen LogP contribution in [0.3, 0.4) is 0 Å². The third-order valence-electron chi connectivity index (χ3n) is 7.42. The number of benzene rings is 2. The summed E-state index contributed by atoms with van der Waals surface area (Å²) in [6, 6.07) is 16.0. The first-order valence-corrected chi connectivity index (χ1v) is 15.6. The van der Waals surface area contributed by atoms with Crippen molar-refractivity contribution < 1.29 is 76.5 Å². The molecule has 2 heterocycles. The molecule has 0 radical (unpaired) electrons. The maximum atomic E-state index is 12.9. The highest BCUT2D eigenvalue weighted by atomic mass is 16.8. The number of ether oxygens (including phenoxy) is 9. The van der Waals surface area contributed by atoms with E-state index in [0.29, 0.717) is 0 Å². The number of hydrogen-bond donors (Lipinski definition) is 1. The van der Waals surface area contributed by atoms with Gasteiger partial charge >= 0.3 is 35.8 Å². The minimum absolute atomic E-state index is 0.190. The molecule has 2 aliphatic heterocycles. The molecule has 9 atom stereocenters. The summed E-state index contributed by atoms with van der Waals surface area (Å²) in [5, 5.41) is 10.9. The quantitative estimate of drug-likeness (QED) is 0.246. The second-order valence-corrected chi connectivity index (χ2v) is 11.3. The maximum absolute atomic E-state index is 12.9. The summed E-state index contributed by atoms with van der Waals surface area (Å²) in [6.07, 6.45) is -13.2. The van der Waals surface area contributed by atoms with Gasteiger partial charge in [0.1, 0.15) is 25.4 Å². The fraction of sp³-hybridized carbons (Fsp3) is 0.471. The lowest BCUT2D eigenvalue weighted by Gasteiger charge is -2.46. The molecule has 4 rings (SSSR count). The van der Waals surface area contributed by atoms with Crippen LogP contribution in [-0.4, -0.2) is 109 Å². The Hall–Kier alpha value is -4.90. The van der Waals surface area contributed by atoms with E-state index in [-0.39, 0.29) is 17.5 Å². The fourth-order valence-corrected chi connectivity index (χ4v) is 5.31. The van der Waals surface area contributed by atoms with Crippen molar-refractivity contribution in [3.63, 3.8) is 0 Å². The topological polar surface area (TPSA) is 206 Å².